The molecule has 0 heterocycles. The largest absolute Gasteiger partial charge is 0.467 e. The van der Waals surface area contributed by atoms with Gasteiger partial charge < -0.3 is 15.8 Å². The number of methoxy groups -OCH3 is 1. The van der Waals surface area contributed by atoms with Crippen molar-refractivity contribution in [3.8, 4) is 0 Å². The first-order valence-corrected chi connectivity index (χ1v) is 6.18. The maximum Gasteiger partial charge on any atom is 0.328 e. The molecule has 0 radical (unpaired) electrons. The van der Waals surface area contributed by atoms with E-state index >= 15 is 0 Å². The van der Waals surface area contributed by atoms with Crippen LogP contribution in [0.2, 0.25) is 5.02 Å². The van der Waals surface area contributed by atoms with E-state index in [4.69, 9.17) is 17.3 Å². The van der Waals surface area contributed by atoms with E-state index in [1.807, 2.05) is 13.8 Å². The summed E-state index contributed by atoms with van der Waals surface area (Å²) in [5.41, 5.74) is 6.26. The Kier molecular flexibility index (Phi) is 5.18. The van der Waals surface area contributed by atoms with E-state index in [0.717, 1.165) is 0 Å². The van der Waals surface area contributed by atoms with Gasteiger partial charge >= 0.3 is 5.97 Å². The van der Waals surface area contributed by atoms with Gasteiger partial charge in [0.25, 0.3) is 5.91 Å². The molecule has 1 aromatic carbocycles. The lowest BCUT2D eigenvalue weighted by molar-refractivity contribution is -0.144. The third kappa shape index (κ3) is 3.86. The third-order valence-electron chi connectivity index (χ3n) is 2.67. The van der Waals surface area contributed by atoms with E-state index in [1.54, 1.807) is 6.07 Å². The SMILES string of the molecule is COC(=O)C(NC(=O)c1ccc(Cl)cc1N)C(C)C. The van der Waals surface area contributed by atoms with E-state index < -0.39 is 17.9 Å². The van der Waals surface area contributed by atoms with Gasteiger partial charge in [0.15, 0.2) is 0 Å². The number of benzene rings is 1. The van der Waals surface area contributed by atoms with Gasteiger partial charge in [-0.2, -0.15) is 0 Å². The van der Waals surface area contributed by atoms with Gasteiger partial charge in [0, 0.05) is 10.7 Å². The number of hydrogen-bond acceptors (Lipinski definition) is 4. The molecule has 0 saturated heterocycles. The van der Waals surface area contributed by atoms with Crippen molar-refractivity contribution < 1.29 is 14.3 Å². The molecule has 1 unspecified atom stereocenters. The fraction of sp³-hybridized carbons (Fsp3) is 0.385. The highest BCUT2D eigenvalue weighted by molar-refractivity contribution is 6.31. The van der Waals surface area contributed by atoms with Crippen LogP contribution in [0, 0.1) is 5.92 Å². The molecule has 0 bridgehead atoms. The average Bonchev–Trinajstić information content (AvgIpc) is 2.34. The summed E-state index contributed by atoms with van der Waals surface area (Å²) in [6.45, 7) is 3.63. The van der Waals surface area contributed by atoms with Crippen molar-refractivity contribution >= 4 is 29.2 Å². The van der Waals surface area contributed by atoms with Gasteiger partial charge in [0.2, 0.25) is 0 Å². The first-order chi connectivity index (χ1) is 8.86. The molecule has 0 aliphatic carbocycles. The number of esters is 1. The fourth-order valence-electron chi connectivity index (χ4n) is 1.58. The maximum absolute atomic E-state index is 12.1. The number of nitrogens with one attached hydrogen (secondary N) is 1. The van der Waals surface area contributed by atoms with Crippen LogP contribution in [0.5, 0.6) is 0 Å². The molecule has 0 aliphatic heterocycles. The van der Waals surface area contributed by atoms with Gasteiger partial charge in [-0.1, -0.05) is 25.4 Å². The van der Waals surface area contributed by atoms with Crippen molar-refractivity contribution in [1.82, 2.24) is 5.32 Å². The van der Waals surface area contributed by atoms with Gasteiger partial charge in [-0.3, -0.25) is 4.79 Å². The molecule has 0 aliphatic rings. The van der Waals surface area contributed by atoms with Crippen molar-refractivity contribution in [1.29, 1.82) is 0 Å². The molecule has 104 valence electrons. The van der Waals surface area contributed by atoms with Crippen LogP contribution in [0.25, 0.3) is 0 Å². The number of carbonyl (C=O) groups excluding carboxylic acids is 2. The quantitative estimate of drug-likeness (QED) is 0.653. The predicted octanol–water partition coefficient (Wildman–Crippen LogP) is 1.85. The van der Waals surface area contributed by atoms with Crippen molar-refractivity contribution in [2.75, 3.05) is 12.8 Å². The number of ether oxygens (including phenoxy) is 1. The Morgan fingerprint density at radius 2 is 2.00 bits per heavy atom. The van der Waals surface area contributed by atoms with E-state index in [2.05, 4.69) is 10.1 Å². The van der Waals surface area contributed by atoms with Gasteiger partial charge in [-0.25, -0.2) is 4.79 Å². The highest BCUT2D eigenvalue weighted by Crippen LogP contribution is 2.18. The summed E-state index contributed by atoms with van der Waals surface area (Å²) in [6, 6.07) is 3.85. The van der Waals surface area contributed by atoms with E-state index in [1.165, 1.54) is 19.2 Å². The van der Waals surface area contributed by atoms with Crippen LogP contribution in [0.3, 0.4) is 0 Å². The Balaban J connectivity index is 2.91. The molecule has 1 rings (SSSR count). The van der Waals surface area contributed by atoms with Crippen LogP contribution in [-0.2, 0) is 9.53 Å². The summed E-state index contributed by atoms with van der Waals surface area (Å²) in [5.74, 6) is -1.01. The van der Waals surface area contributed by atoms with Gasteiger partial charge in [0.05, 0.1) is 12.7 Å². The number of halogens is 1. The molecule has 19 heavy (non-hydrogen) atoms. The minimum absolute atomic E-state index is 0.0927. The van der Waals surface area contributed by atoms with Crippen molar-refractivity contribution in [2.24, 2.45) is 5.92 Å². The zero-order valence-corrected chi connectivity index (χ0v) is 11.8. The molecular formula is C13H17ClN2O3. The molecule has 6 heteroatoms. The second kappa shape index (κ2) is 6.43. The summed E-state index contributed by atoms with van der Waals surface area (Å²) >= 11 is 5.76. The number of rotatable bonds is 4. The molecule has 0 fully saturated rings. The minimum Gasteiger partial charge on any atom is -0.467 e. The van der Waals surface area contributed by atoms with E-state index in [9.17, 15) is 9.59 Å². The number of amides is 1. The molecule has 0 spiro atoms. The first-order valence-electron chi connectivity index (χ1n) is 5.80. The lowest BCUT2D eigenvalue weighted by atomic mass is 10.0. The molecule has 3 N–H and O–H groups in total. The lowest BCUT2D eigenvalue weighted by Crippen LogP contribution is -2.45. The number of carbonyl (C=O) groups is 2. The Morgan fingerprint density at radius 3 is 2.47 bits per heavy atom. The van der Waals surface area contributed by atoms with Crippen LogP contribution in [-0.4, -0.2) is 25.0 Å². The zero-order chi connectivity index (χ0) is 14.6. The van der Waals surface area contributed by atoms with Gasteiger partial charge in [-0.15, -0.1) is 0 Å². The smallest absolute Gasteiger partial charge is 0.328 e. The Bertz CT molecular complexity index is 489. The van der Waals surface area contributed by atoms with Gasteiger partial charge in [-0.05, 0) is 24.1 Å². The summed E-state index contributed by atoms with van der Waals surface area (Å²) in [4.78, 5) is 23.6. The third-order valence-corrected chi connectivity index (χ3v) is 2.90. The normalized spacial score (nSPS) is 12.1. The van der Waals surface area contributed by atoms with Crippen LogP contribution in [0.4, 0.5) is 5.69 Å². The summed E-state index contributed by atoms with van der Waals surface area (Å²) in [5, 5.41) is 3.05. The zero-order valence-electron chi connectivity index (χ0n) is 11.1. The van der Waals surface area contributed by atoms with Gasteiger partial charge in [0.1, 0.15) is 6.04 Å². The topological polar surface area (TPSA) is 81.4 Å². The molecule has 1 atom stereocenters. The number of hydrogen-bond donors (Lipinski definition) is 2. The molecule has 5 nitrogen and oxygen atoms in total. The van der Waals surface area contributed by atoms with Crippen molar-refractivity contribution in [3.63, 3.8) is 0 Å². The maximum atomic E-state index is 12.1. The Labute approximate surface area is 117 Å². The van der Waals surface area contributed by atoms with E-state index in [0.29, 0.717) is 5.02 Å². The second-order valence-corrected chi connectivity index (χ2v) is 4.89. The Morgan fingerprint density at radius 1 is 1.37 bits per heavy atom. The number of nitrogens with two attached hydrogens (primary N) is 1. The molecule has 1 amide bonds. The van der Waals surface area contributed by atoms with Crippen LogP contribution in [0.1, 0.15) is 24.2 Å². The minimum atomic E-state index is -0.715. The van der Waals surface area contributed by atoms with Crippen LogP contribution >= 0.6 is 11.6 Å². The Hall–Kier alpha value is -1.75. The highest BCUT2D eigenvalue weighted by atomic mass is 35.5. The number of nitrogen functional groups attached to an aromatic ring is 1. The molecule has 1 aromatic rings. The monoisotopic (exact) mass is 284 g/mol. The summed E-state index contributed by atoms with van der Waals surface area (Å²) in [7, 11) is 1.28. The first kappa shape index (κ1) is 15.3. The highest BCUT2D eigenvalue weighted by Gasteiger charge is 2.25. The lowest BCUT2D eigenvalue weighted by Gasteiger charge is -2.20. The summed E-state index contributed by atoms with van der Waals surface area (Å²) in [6.07, 6.45) is 0. The second-order valence-electron chi connectivity index (χ2n) is 4.45. The van der Waals surface area contributed by atoms with Crippen molar-refractivity contribution in [3.05, 3.63) is 28.8 Å². The average molecular weight is 285 g/mol. The molecule has 0 aromatic heterocycles. The standard InChI is InChI=1S/C13H17ClN2O3/c1-7(2)11(13(18)19-3)16-12(17)9-5-4-8(14)6-10(9)15/h4-7,11H,15H2,1-3H3,(H,16,17). The van der Waals surface area contributed by atoms with Crippen LogP contribution < -0.4 is 11.1 Å². The van der Waals surface area contributed by atoms with Crippen molar-refractivity contribution in [2.45, 2.75) is 19.9 Å². The summed E-state index contributed by atoms with van der Waals surface area (Å²) < 4.78 is 4.65. The predicted molar refractivity (Wildman–Crippen MR) is 74.0 cm³/mol. The van der Waals surface area contributed by atoms with Crippen LogP contribution in [0.15, 0.2) is 18.2 Å². The molecule has 0 saturated carbocycles. The number of anilines is 1. The molecular weight excluding hydrogens is 268 g/mol. The van der Waals surface area contributed by atoms with E-state index in [-0.39, 0.29) is 17.2 Å². The fourth-order valence-corrected chi connectivity index (χ4v) is 1.76.